The van der Waals surface area contributed by atoms with Crippen LogP contribution >= 0.6 is 9.58 Å². The van der Waals surface area contributed by atoms with Gasteiger partial charge in [0.25, 0.3) is 0 Å². The first-order valence-corrected chi connectivity index (χ1v) is 14.1. The first kappa shape index (κ1) is 29.9. The number of methoxy groups -OCH3 is 1. The molecule has 0 aliphatic heterocycles. The van der Waals surface area contributed by atoms with E-state index < -0.39 is 0 Å². The fourth-order valence-electron chi connectivity index (χ4n) is 3.60. The molecule has 0 amide bonds. The van der Waals surface area contributed by atoms with Crippen LogP contribution < -0.4 is 4.74 Å². The molecule has 1 saturated carbocycles. The number of hydrogen-bond acceptors (Lipinski definition) is 2. The van der Waals surface area contributed by atoms with Crippen molar-refractivity contribution in [2.75, 3.05) is 7.11 Å². The third kappa shape index (κ3) is 9.19. The summed E-state index contributed by atoms with van der Waals surface area (Å²) in [5.74, 6) is 8.85. The number of ether oxygens (including phenoxy) is 1. The Morgan fingerprint density at radius 3 is 1.73 bits per heavy atom. The van der Waals surface area contributed by atoms with Crippen LogP contribution in [0.4, 0.5) is 5.69 Å². The van der Waals surface area contributed by atoms with Gasteiger partial charge in [0.05, 0.1) is 12.8 Å². The first-order valence-electron chi connectivity index (χ1n) is 11.2. The van der Waals surface area contributed by atoms with Crippen LogP contribution in [0.25, 0.3) is 0 Å². The van der Waals surface area contributed by atoms with Crippen molar-refractivity contribution in [3.63, 3.8) is 0 Å². The first-order chi connectivity index (χ1) is 15.6. The molecule has 1 fully saturated rings. The molecule has 0 atom stereocenters. The summed E-state index contributed by atoms with van der Waals surface area (Å²) in [6, 6.07) is 17.4. The molecule has 2 nitrogen and oxygen atoms in total. The molecule has 2 aromatic rings. The second-order valence-electron chi connectivity index (χ2n) is 8.73. The SMILES string of the molecule is COc1ccc(N=C(C)c2[c-]cc(CC(C)C)cc2)cc1.C[C]1[C](C)[C](C)[C](C)[C]1C.[Cl][Ir+2]. The molecule has 33 heavy (non-hydrogen) atoms. The van der Waals surface area contributed by atoms with Gasteiger partial charge < -0.3 is 9.73 Å². The molecule has 5 radical (unpaired) electrons. The van der Waals surface area contributed by atoms with Crippen LogP contribution in [0.3, 0.4) is 0 Å². The molecular weight excluding hydrogens is 606 g/mol. The van der Waals surface area contributed by atoms with Crippen molar-refractivity contribution >= 4 is 21.0 Å². The maximum absolute atomic E-state index is 5.15. The maximum atomic E-state index is 5.15. The van der Waals surface area contributed by atoms with E-state index in [0.717, 1.165) is 29.1 Å². The van der Waals surface area contributed by atoms with E-state index in [0.29, 0.717) is 5.92 Å². The zero-order valence-corrected chi connectivity index (χ0v) is 24.5. The summed E-state index contributed by atoms with van der Waals surface area (Å²) in [6.45, 7) is 17.5. The fraction of sp³-hybridized carbons (Fsp3) is 0.379. The van der Waals surface area contributed by atoms with E-state index in [-0.39, 0.29) is 0 Å². The van der Waals surface area contributed by atoms with E-state index in [9.17, 15) is 0 Å². The molecular formula is C29H37ClIrNO+. The van der Waals surface area contributed by atoms with Crippen molar-refractivity contribution in [1.29, 1.82) is 0 Å². The number of rotatable bonds is 5. The Morgan fingerprint density at radius 1 is 0.879 bits per heavy atom. The van der Waals surface area contributed by atoms with Gasteiger partial charge in [-0.3, -0.25) is 0 Å². The van der Waals surface area contributed by atoms with E-state index in [1.165, 1.54) is 53.0 Å². The van der Waals surface area contributed by atoms with Crippen molar-refractivity contribution in [2.45, 2.75) is 61.8 Å². The Hall–Kier alpha value is -1.15. The van der Waals surface area contributed by atoms with Gasteiger partial charge in [0.2, 0.25) is 0 Å². The Bertz CT molecular complexity index is 787. The van der Waals surface area contributed by atoms with Crippen molar-refractivity contribution in [3.8, 4) is 5.75 Å². The van der Waals surface area contributed by atoms with Crippen molar-refractivity contribution in [3.05, 3.63) is 89.2 Å². The normalized spacial score (nSPS) is 16.3. The fourth-order valence-corrected chi connectivity index (χ4v) is 3.60. The predicted octanol–water partition coefficient (Wildman–Crippen LogP) is 8.49. The minimum absolute atomic E-state index is 0.665. The van der Waals surface area contributed by atoms with Gasteiger partial charge >= 0.3 is 27.5 Å². The molecule has 0 saturated heterocycles. The Labute approximate surface area is 217 Å². The monoisotopic (exact) mass is 643 g/mol. The second kappa shape index (κ2) is 15.0. The van der Waals surface area contributed by atoms with E-state index in [4.69, 9.17) is 4.74 Å². The van der Waals surface area contributed by atoms with Gasteiger partial charge in [0.1, 0.15) is 5.75 Å². The third-order valence-electron chi connectivity index (χ3n) is 6.09. The molecule has 179 valence electrons. The van der Waals surface area contributed by atoms with Gasteiger partial charge in [-0.05, 0) is 59.6 Å². The topological polar surface area (TPSA) is 21.6 Å². The molecule has 2 aromatic carbocycles. The number of aliphatic imine (C=N–C) groups is 1. The summed E-state index contributed by atoms with van der Waals surface area (Å²) in [6.07, 6.45) is 1.09. The molecule has 1 aliphatic rings. The van der Waals surface area contributed by atoms with Crippen LogP contribution in [0.5, 0.6) is 5.75 Å². The molecule has 0 N–H and O–H groups in total. The standard InChI is InChI=1S/C19H22NO.C10H15.ClH.Ir/c1-14(2)13-16-5-7-17(8-6-16)15(3)20-18-9-11-19(21-4)12-10-18;1-6-7(2)9(4)10(5)8(6)3;;/h5-7,9-12,14H,13H2,1-4H3;1-5H3;1H;/q-1;;;+3/p-1. The van der Waals surface area contributed by atoms with Gasteiger partial charge in [-0.1, -0.05) is 67.7 Å². The summed E-state index contributed by atoms with van der Waals surface area (Å²) in [5, 5.41) is 0. The van der Waals surface area contributed by atoms with Gasteiger partial charge in [0.15, 0.2) is 0 Å². The van der Waals surface area contributed by atoms with Crippen molar-refractivity contribution in [2.24, 2.45) is 10.9 Å². The van der Waals surface area contributed by atoms with Crippen LogP contribution in [0.2, 0.25) is 0 Å². The van der Waals surface area contributed by atoms with Crippen LogP contribution in [-0.2, 0) is 24.3 Å². The predicted molar refractivity (Wildman–Crippen MR) is 139 cm³/mol. The van der Waals surface area contributed by atoms with Crippen molar-refractivity contribution < 1.29 is 22.6 Å². The van der Waals surface area contributed by atoms with Crippen LogP contribution in [0.1, 0.15) is 66.5 Å². The minimum atomic E-state index is 0.665. The van der Waals surface area contributed by atoms with E-state index in [1.807, 2.05) is 31.2 Å². The number of halogens is 1. The van der Waals surface area contributed by atoms with Crippen molar-refractivity contribution in [1.82, 2.24) is 0 Å². The summed E-state index contributed by atoms with van der Waals surface area (Å²) in [4.78, 5) is 4.63. The molecule has 0 bridgehead atoms. The molecule has 0 unspecified atom stereocenters. The number of nitrogens with zero attached hydrogens (tertiary/aromatic N) is 1. The molecule has 0 spiro atoms. The van der Waals surface area contributed by atoms with E-state index >= 15 is 0 Å². The van der Waals surface area contributed by atoms with Crippen LogP contribution in [0, 0.1) is 41.6 Å². The molecule has 0 aromatic heterocycles. The zero-order valence-electron chi connectivity index (χ0n) is 21.4. The molecule has 4 heteroatoms. The Kier molecular flexibility index (Phi) is 13.6. The number of benzene rings is 2. The molecule has 0 heterocycles. The summed E-state index contributed by atoms with van der Waals surface area (Å²) in [5.41, 5.74) is 4.26. The Balaban J connectivity index is 0.000000380. The summed E-state index contributed by atoms with van der Waals surface area (Å²) in [7, 11) is 6.30. The van der Waals surface area contributed by atoms with E-state index in [2.05, 4.69) is 87.3 Å². The van der Waals surface area contributed by atoms with Gasteiger partial charge in [-0.2, -0.15) is 0 Å². The van der Waals surface area contributed by atoms with Gasteiger partial charge in [0, 0.05) is 0 Å². The van der Waals surface area contributed by atoms with E-state index in [1.54, 1.807) is 7.11 Å². The second-order valence-corrected chi connectivity index (χ2v) is 8.73. The third-order valence-corrected chi connectivity index (χ3v) is 6.09. The van der Waals surface area contributed by atoms with Gasteiger partial charge in [-0.15, -0.1) is 35.4 Å². The Morgan fingerprint density at radius 2 is 1.36 bits per heavy atom. The quantitative estimate of drug-likeness (QED) is 0.237. The average molecular weight is 643 g/mol. The molecule has 3 rings (SSSR count). The van der Waals surface area contributed by atoms with Crippen LogP contribution in [-0.4, -0.2) is 12.8 Å². The van der Waals surface area contributed by atoms with Crippen LogP contribution in [0.15, 0.2) is 47.5 Å². The summed E-state index contributed by atoms with van der Waals surface area (Å²) < 4.78 is 5.15. The number of hydrogen-bond donors (Lipinski definition) is 0. The summed E-state index contributed by atoms with van der Waals surface area (Å²) >= 11 is 1.47. The average Bonchev–Trinajstić information content (AvgIpc) is 2.99. The van der Waals surface area contributed by atoms with Gasteiger partial charge in [-0.25, -0.2) is 0 Å². The molecule has 1 aliphatic carbocycles. The zero-order chi connectivity index (χ0) is 25.1.